The molecule has 0 bridgehead atoms. The van der Waals surface area contributed by atoms with Crippen LogP contribution in [-0.4, -0.2) is 39.3 Å². The van der Waals surface area contributed by atoms with Gasteiger partial charge in [-0.25, -0.2) is 0 Å². The zero-order chi connectivity index (χ0) is 13.7. The molecule has 0 aliphatic rings. The van der Waals surface area contributed by atoms with Crippen LogP contribution < -0.4 is 22.1 Å². The zero-order valence-electron chi connectivity index (χ0n) is 12.4. The number of hydrogen-bond acceptors (Lipinski definition) is 4. The minimum absolute atomic E-state index is 0.305. The first-order valence-corrected chi connectivity index (χ1v) is 7.56. The Morgan fingerprint density at radius 1 is 0.833 bits per heavy atom. The van der Waals surface area contributed by atoms with E-state index in [9.17, 15) is 0 Å². The molecule has 0 heterocycles. The molecule has 0 rings (SSSR count). The molecular formula is C14H34N4. The predicted octanol–water partition coefficient (Wildman–Crippen LogP) is 1.06. The second kappa shape index (κ2) is 11.9. The minimum atomic E-state index is 0.305. The van der Waals surface area contributed by atoms with Crippen molar-refractivity contribution in [3.05, 3.63) is 0 Å². The first-order valence-electron chi connectivity index (χ1n) is 7.56. The van der Waals surface area contributed by atoms with E-state index in [1.165, 1.54) is 12.8 Å². The molecule has 0 radical (unpaired) electrons. The Bertz CT molecular complexity index is 161. The van der Waals surface area contributed by atoms with Crippen molar-refractivity contribution in [3.8, 4) is 0 Å². The van der Waals surface area contributed by atoms with E-state index in [0.29, 0.717) is 5.41 Å². The van der Waals surface area contributed by atoms with E-state index in [0.717, 1.165) is 58.5 Å². The Morgan fingerprint density at radius 2 is 1.39 bits per heavy atom. The molecule has 0 fully saturated rings. The quantitative estimate of drug-likeness (QED) is 0.373. The molecule has 0 spiro atoms. The van der Waals surface area contributed by atoms with Crippen LogP contribution in [0, 0.1) is 5.41 Å². The summed E-state index contributed by atoms with van der Waals surface area (Å²) >= 11 is 0. The molecular weight excluding hydrogens is 224 g/mol. The van der Waals surface area contributed by atoms with Crippen molar-refractivity contribution in [2.45, 2.75) is 46.0 Å². The largest absolute Gasteiger partial charge is 0.330 e. The lowest BCUT2D eigenvalue weighted by molar-refractivity contribution is 0.259. The molecule has 0 aromatic rings. The summed E-state index contributed by atoms with van der Waals surface area (Å²) in [5.74, 6) is 0. The van der Waals surface area contributed by atoms with Crippen molar-refractivity contribution in [1.82, 2.24) is 10.6 Å². The van der Waals surface area contributed by atoms with E-state index in [2.05, 4.69) is 24.5 Å². The SMILES string of the molecule is CCC(CC)(CN)CNCCCCNCCCN. The molecule has 0 saturated heterocycles. The topological polar surface area (TPSA) is 76.1 Å². The van der Waals surface area contributed by atoms with Gasteiger partial charge in [0.15, 0.2) is 0 Å². The Labute approximate surface area is 113 Å². The third-order valence-electron chi connectivity index (χ3n) is 3.95. The van der Waals surface area contributed by atoms with Crippen molar-refractivity contribution < 1.29 is 0 Å². The van der Waals surface area contributed by atoms with Gasteiger partial charge in [-0.3, -0.25) is 0 Å². The Hall–Kier alpha value is -0.160. The molecule has 0 amide bonds. The van der Waals surface area contributed by atoms with Crippen LogP contribution in [0.25, 0.3) is 0 Å². The van der Waals surface area contributed by atoms with Gasteiger partial charge in [-0.1, -0.05) is 13.8 Å². The zero-order valence-corrected chi connectivity index (χ0v) is 12.4. The fourth-order valence-electron chi connectivity index (χ4n) is 2.07. The Morgan fingerprint density at radius 3 is 1.89 bits per heavy atom. The fraction of sp³-hybridized carbons (Fsp3) is 1.00. The van der Waals surface area contributed by atoms with E-state index < -0.39 is 0 Å². The minimum Gasteiger partial charge on any atom is -0.330 e. The van der Waals surface area contributed by atoms with Gasteiger partial charge in [-0.15, -0.1) is 0 Å². The lowest BCUT2D eigenvalue weighted by atomic mass is 9.82. The second-order valence-electron chi connectivity index (χ2n) is 5.19. The van der Waals surface area contributed by atoms with E-state index in [1.54, 1.807) is 0 Å². The van der Waals surface area contributed by atoms with Crippen LogP contribution in [0.15, 0.2) is 0 Å². The standard InChI is InChI=1S/C14H34N4/c1-3-14(4-2,12-16)13-18-10-6-5-9-17-11-7-8-15/h17-18H,3-13,15-16H2,1-2H3. The number of hydrogen-bond donors (Lipinski definition) is 4. The highest BCUT2D eigenvalue weighted by Crippen LogP contribution is 2.23. The number of rotatable bonds is 13. The maximum absolute atomic E-state index is 5.88. The first-order chi connectivity index (χ1) is 8.74. The second-order valence-corrected chi connectivity index (χ2v) is 5.19. The smallest absolute Gasteiger partial charge is 0.00197 e. The summed E-state index contributed by atoms with van der Waals surface area (Å²) in [7, 11) is 0. The summed E-state index contributed by atoms with van der Waals surface area (Å²) in [6, 6.07) is 0. The molecule has 18 heavy (non-hydrogen) atoms. The molecule has 0 unspecified atom stereocenters. The lowest BCUT2D eigenvalue weighted by Gasteiger charge is -2.30. The van der Waals surface area contributed by atoms with Gasteiger partial charge in [-0.05, 0) is 70.2 Å². The summed E-state index contributed by atoms with van der Waals surface area (Å²) < 4.78 is 0. The molecule has 0 aromatic carbocycles. The molecule has 0 aromatic heterocycles. The van der Waals surface area contributed by atoms with Crippen LogP contribution in [0.1, 0.15) is 46.0 Å². The highest BCUT2D eigenvalue weighted by atomic mass is 14.9. The normalized spacial score (nSPS) is 12.0. The monoisotopic (exact) mass is 258 g/mol. The van der Waals surface area contributed by atoms with Crippen molar-refractivity contribution in [2.24, 2.45) is 16.9 Å². The number of nitrogens with two attached hydrogens (primary N) is 2. The Kier molecular flexibility index (Phi) is 11.8. The summed E-state index contributed by atoms with van der Waals surface area (Å²) in [6.45, 7) is 10.3. The van der Waals surface area contributed by atoms with Gasteiger partial charge in [0.25, 0.3) is 0 Å². The number of unbranched alkanes of at least 4 members (excludes halogenated alkanes) is 1. The molecule has 0 saturated carbocycles. The van der Waals surface area contributed by atoms with Gasteiger partial charge < -0.3 is 22.1 Å². The van der Waals surface area contributed by atoms with Gasteiger partial charge >= 0.3 is 0 Å². The van der Waals surface area contributed by atoms with Crippen LogP contribution in [0.5, 0.6) is 0 Å². The average molecular weight is 258 g/mol. The molecule has 6 N–H and O–H groups in total. The molecule has 0 aliphatic heterocycles. The maximum atomic E-state index is 5.88. The Balaban J connectivity index is 3.38. The van der Waals surface area contributed by atoms with Gasteiger partial charge in [0, 0.05) is 6.54 Å². The fourth-order valence-corrected chi connectivity index (χ4v) is 2.07. The van der Waals surface area contributed by atoms with Gasteiger partial charge in [0.1, 0.15) is 0 Å². The van der Waals surface area contributed by atoms with E-state index in [4.69, 9.17) is 11.5 Å². The van der Waals surface area contributed by atoms with Crippen molar-refractivity contribution in [1.29, 1.82) is 0 Å². The first kappa shape index (κ1) is 17.8. The van der Waals surface area contributed by atoms with Crippen LogP contribution >= 0.6 is 0 Å². The van der Waals surface area contributed by atoms with Gasteiger partial charge in [0.05, 0.1) is 0 Å². The summed E-state index contributed by atoms with van der Waals surface area (Å²) in [5, 5.41) is 6.95. The maximum Gasteiger partial charge on any atom is 0.00197 e. The predicted molar refractivity (Wildman–Crippen MR) is 80.7 cm³/mol. The van der Waals surface area contributed by atoms with E-state index in [-0.39, 0.29) is 0 Å². The van der Waals surface area contributed by atoms with Crippen molar-refractivity contribution >= 4 is 0 Å². The summed E-state index contributed by atoms with van der Waals surface area (Å²) in [6.07, 6.45) is 5.85. The lowest BCUT2D eigenvalue weighted by Crippen LogP contribution is -2.39. The number of nitrogens with one attached hydrogen (secondary N) is 2. The van der Waals surface area contributed by atoms with Crippen molar-refractivity contribution in [3.63, 3.8) is 0 Å². The van der Waals surface area contributed by atoms with E-state index in [1.807, 2.05) is 0 Å². The molecule has 110 valence electrons. The third kappa shape index (κ3) is 8.03. The molecule has 0 aliphatic carbocycles. The van der Waals surface area contributed by atoms with Crippen LogP contribution in [0.3, 0.4) is 0 Å². The van der Waals surface area contributed by atoms with Crippen LogP contribution in [-0.2, 0) is 0 Å². The van der Waals surface area contributed by atoms with Crippen LogP contribution in [0.2, 0.25) is 0 Å². The van der Waals surface area contributed by atoms with Crippen molar-refractivity contribution in [2.75, 3.05) is 39.3 Å². The molecule has 4 nitrogen and oxygen atoms in total. The highest BCUT2D eigenvalue weighted by molar-refractivity contribution is 4.79. The highest BCUT2D eigenvalue weighted by Gasteiger charge is 2.23. The average Bonchev–Trinajstić information content (AvgIpc) is 2.42. The molecule has 0 atom stereocenters. The van der Waals surface area contributed by atoms with Gasteiger partial charge in [-0.2, -0.15) is 0 Å². The molecule has 4 heteroatoms. The van der Waals surface area contributed by atoms with E-state index >= 15 is 0 Å². The summed E-state index contributed by atoms with van der Waals surface area (Å²) in [4.78, 5) is 0. The third-order valence-corrected chi connectivity index (χ3v) is 3.95. The summed E-state index contributed by atoms with van der Waals surface area (Å²) in [5.41, 5.74) is 11.6. The van der Waals surface area contributed by atoms with Crippen LogP contribution in [0.4, 0.5) is 0 Å². The van der Waals surface area contributed by atoms with Gasteiger partial charge in [0.2, 0.25) is 0 Å².